The van der Waals surface area contributed by atoms with Crippen molar-refractivity contribution in [1.29, 1.82) is 0 Å². The fourth-order valence-electron chi connectivity index (χ4n) is 2.27. The van der Waals surface area contributed by atoms with Gasteiger partial charge in [0.25, 0.3) is 5.91 Å². The number of aromatic nitrogens is 2. The maximum atomic E-state index is 14.2. The van der Waals surface area contributed by atoms with E-state index >= 15 is 0 Å². The minimum Gasteiger partial charge on any atom is -0.394 e. The third kappa shape index (κ3) is 3.12. The Morgan fingerprint density at radius 2 is 2.00 bits per heavy atom. The lowest BCUT2D eigenvalue weighted by Gasteiger charge is -2.27. The van der Waals surface area contributed by atoms with Crippen molar-refractivity contribution in [2.24, 2.45) is 0 Å². The van der Waals surface area contributed by atoms with E-state index in [0.29, 0.717) is 6.54 Å². The van der Waals surface area contributed by atoms with E-state index in [0.717, 1.165) is 0 Å². The molecule has 22 heavy (non-hydrogen) atoms. The molecular weight excluding hydrogens is 285 g/mol. The summed E-state index contributed by atoms with van der Waals surface area (Å²) in [5.41, 5.74) is 0.269. The third-order valence-electron chi connectivity index (χ3n) is 3.43. The zero-order chi connectivity index (χ0) is 16.1. The molecule has 1 N–H and O–H groups in total. The van der Waals surface area contributed by atoms with E-state index in [4.69, 9.17) is 0 Å². The number of hydrogen-bond acceptors (Lipinski definition) is 4. The van der Waals surface area contributed by atoms with E-state index in [9.17, 15) is 14.3 Å². The number of rotatable bonds is 5. The fraction of sp³-hybridized carbons (Fsp3) is 0.312. The minimum absolute atomic E-state index is 0.0803. The van der Waals surface area contributed by atoms with Crippen LogP contribution >= 0.6 is 0 Å². The molecule has 1 aromatic carbocycles. The number of aliphatic hydroxyl groups is 1. The Morgan fingerprint density at radius 3 is 2.59 bits per heavy atom. The smallest absolute Gasteiger partial charge is 0.255 e. The number of amides is 1. The highest BCUT2D eigenvalue weighted by atomic mass is 19.1. The summed E-state index contributed by atoms with van der Waals surface area (Å²) in [6, 6.07) is 5.56. The fourth-order valence-corrected chi connectivity index (χ4v) is 2.27. The Kier molecular flexibility index (Phi) is 5.16. The molecule has 5 nitrogen and oxygen atoms in total. The van der Waals surface area contributed by atoms with Crippen LogP contribution in [0.3, 0.4) is 0 Å². The van der Waals surface area contributed by atoms with E-state index < -0.39 is 5.82 Å². The number of benzene rings is 1. The van der Waals surface area contributed by atoms with Gasteiger partial charge in [-0.3, -0.25) is 4.79 Å². The Hall–Kier alpha value is -2.34. The van der Waals surface area contributed by atoms with Gasteiger partial charge in [0.15, 0.2) is 5.82 Å². The first-order chi connectivity index (χ1) is 10.6. The van der Waals surface area contributed by atoms with E-state index in [2.05, 4.69) is 9.97 Å². The number of aliphatic hydroxyl groups excluding tert-OH is 1. The van der Waals surface area contributed by atoms with Gasteiger partial charge in [-0.1, -0.05) is 6.07 Å². The number of halogens is 1. The van der Waals surface area contributed by atoms with E-state index in [1.807, 2.05) is 6.92 Å². The van der Waals surface area contributed by atoms with Gasteiger partial charge >= 0.3 is 0 Å². The molecule has 116 valence electrons. The predicted molar refractivity (Wildman–Crippen MR) is 80.7 cm³/mol. The largest absolute Gasteiger partial charge is 0.394 e. The molecule has 1 aromatic heterocycles. The van der Waals surface area contributed by atoms with Gasteiger partial charge in [-0.25, -0.2) is 14.4 Å². The first kappa shape index (κ1) is 16.0. The van der Waals surface area contributed by atoms with Gasteiger partial charge in [-0.05, 0) is 32.0 Å². The lowest BCUT2D eigenvalue weighted by atomic mass is 10.0. The van der Waals surface area contributed by atoms with Crippen molar-refractivity contribution in [2.75, 3.05) is 13.2 Å². The number of nitrogens with zero attached hydrogens (tertiary/aromatic N) is 3. The molecule has 1 heterocycles. The van der Waals surface area contributed by atoms with Crippen molar-refractivity contribution in [2.45, 2.75) is 19.9 Å². The number of hydrogen-bond donors (Lipinski definition) is 1. The molecule has 0 aliphatic rings. The molecule has 0 fully saturated rings. The van der Waals surface area contributed by atoms with Crippen LogP contribution in [0.4, 0.5) is 4.39 Å². The average Bonchev–Trinajstić information content (AvgIpc) is 2.55. The molecule has 2 rings (SSSR count). The van der Waals surface area contributed by atoms with Crippen molar-refractivity contribution < 1.29 is 14.3 Å². The lowest BCUT2D eigenvalue weighted by molar-refractivity contribution is 0.0633. The van der Waals surface area contributed by atoms with E-state index in [1.165, 1.54) is 29.4 Å². The molecule has 0 saturated carbocycles. The maximum absolute atomic E-state index is 14.2. The summed E-state index contributed by atoms with van der Waals surface area (Å²) in [6.45, 7) is 3.79. The van der Waals surface area contributed by atoms with Gasteiger partial charge in [-0.15, -0.1) is 0 Å². The lowest BCUT2D eigenvalue weighted by Crippen LogP contribution is -2.40. The molecular formula is C16H18FN3O2. The molecule has 1 amide bonds. The molecule has 0 bridgehead atoms. The molecule has 0 radical (unpaired) electrons. The molecule has 1 unspecified atom stereocenters. The van der Waals surface area contributed by atoms with E-state index in [1.54, 1.807) is 19.1 Å². The summed E-state index contributed by atoms with van der Waals surface area (Å²) in [5, 5.41) is 9.28. The first-order valence-electron chi connectivity index (χ1n) is 7.07. The molecule has 1 atom stereocenters. The van der Waals surface area contributed by atoms with Crippen molar-refractivity contribution in [1.82, 2.24) is 14.9 Å². The van der Waals surface area contributed by atoms with Gasteiger partial charge in [0, 0.05) is 18.9 Å². The highest BCUT2D eigenvalue weighted by molar-refractivity contribution is 6.00. The molecule has 2 aromatic rings. The number of likely N-dealkylation sites (N-methyl/N-ethyl adjacent to an activating group) is 1. The Morgan fingerprint density at radius 1 is 1.32 bits per heavy atom. The second-order valence-electron chi connectivity index (χ2n) is 4.86. The van der Waals surface area contributed by atoms with Gasteiger partial charge in [0.05, 0.1) is 23.8 Å². The van der Waals surface area contributed by atoms with Crippen LogP contribution in [0.15, 0.2) is 36.7 Å². The highest BCUT2D eigenvalue weighted by Crippen LogP contribution is 2.25. The standard InChI is InChI=1S/C16H18FN3O2/c1-3-20(11(2)10-21)16(22)12-6-4-7-13(17)14(12)15-18-8-5-9-19-15/h4-9,11,21H,3,10H2,1-2H3. The molecule has 0 aliphatic heterocycles. The normalized spacial score (nSPS) is 12.0. The average molecular weight is 303 g/mol. The number of carbonyl (C=O) groups excluding carboxylic acids is 1. The molecule has 6 heteroatoms. The second-order valence-corrected chi connectivity index (χ2v) is 4.86. The minimum atomic E-state index is -0.551. The Labute approximate surface area is 128 Å². The molecule has 0 saturated heterocycles. The summed E-state index contributed by atoms with van der Waals surface area (Å²) < 4.78 is 14.2. The monoisotopic (exact) mass is 303 g/mol. The Balaban J connectivity index is 2.52. The van der Waals surface area contributed by atoms with Gasteiger partial charge in [0.2, 0.25) is 0 Å². The van der Waals surface area contributed by atoms with Crippen molar-refractivity contribution in [3.63, 3.8) is 0 Å². The van der Waals surface area contributed by atoms with Crippen LogP contribution < -0.4 is 0 Å². The number of carbonyl (C=O) groups is 1. The maximum Gasteiger partial charge on any atom is 0.255 e. The van der Waals surface area contributed by atoms with Gasteiger partial charge in [-0.2, -0.15) is 0 Å². The van der Waals surface area contributed by atoms with Crippen LogP contribution in [0, 0.1) is 5.82 Å². The van der Waals surface area contributed by atoms with Crippen LogP contribution in [0.25, 0.3) is 11.4 Å². The van der Waals surface area contributed by atoms with Crippen molar-refractivity contribution >= 4 is 5.91 Å². The molecule has 0 spiro atoms. The zero-order valence-electron chi connectivity index (χ0n) is 12.5. The quantitative estimate of drug-likeness (QED) is 0.919. The Bertz CT molecular complexity index is 649. The van der Waals surface area contributed by atoms with Crippen LogP contribution in [-0.4, -0.2) is 45.1 Å². The highest BCUT2D eigenvalue weighted by Gasteiger charge is 2.25. The van der Waals surface area contributed by atoms with E-state index in [-0.39, 0.29) is 35.5 Å². The summed E-state index contributed by atoms with van der Waals surface area (Å²) in [5.74, 6) is -0.743. The van der Waals surface area contributed by atoms with Crippen LogP contribution in [-0.2, 0) is 0 Å². The SMILES string of the molecule is CCN(C(=O)c1cccc(F)c1-c1ncccn1)C(C)CO. The summed E-state index contributed by atoms with van der Waals surface area (Å²) in [4.78, 5) is 22.3. The van der Waals surface area contributed by atoms with Crippen molar-refractivity contribution in [3.8, 4) is 11.4 Å². The third-order valence-corrected chi connectivity index (χ3v) is 3.43. The topological polar surface area (TPSA) is 66.3 Å². The summed E-state index contributed by atoms with van der Waals surface area (Å²) in [7, 11) is 0. The zero-order valence-corrected chi connectivity index (χ0v) is 12.5. The van der Waals surface area contributed by atoms with Gasteiger partial charge in [0.1, 0.15) is 5.82 Å². The summed E-state index contributed by atoms with van der Waals surface area (Å²) >= 11 is 0. The van der Waals surface area contributed by atoms with Crippen LogP contribution in [0.5, 0.6) is 0 Å². The molecule has 0 aliphatic carbocycles. The van der Waals surface area contributed by atoms with Crippen molar-refractivity contribution in [3.05, 3.63) is 48.0 Å². The first-order valence-corrected chi connectivity index (χ1v) is 7.07. The second kappa shape index (κ2) is 7.09. The predicted octanol–water partition coefficient (Wildman–Crippen LogP) is 2.13. The van der Waals surface area contributed by atoms with Gasteiger partial charge < -0.3 is 10.0 Å². The summed E-state index contributed by atoms with van der Waals surface area (Å²) in [6.07, 6.45) is 2.99. The van der Waals surface area contributed by atoms with Crippen LogP contribution in [0.1, 0.15) is 24.2 Å². The van der Waals surface area contributed by atoms with Crippen LogP contribution in [0.2, 0.25) is 0 Å².